The first-order valence-electron chi connectivity index (χ1n) is 11.6. The van der Waals surface area contributed by atoms with Crippen molar-refractivity contribution in [2.75, 3.05) is 6.61 Å². The second kappa shape index (κ2) is 9.11. The van der Waals surface area contributed by atoms with Crippen LogP contribution < -0.4 is 0 Å². The van der Waals surface area contributed by atoms with E-state index in [-0.39, 0.29) is 18.4 Å². The zero-order valence-corrected chi connectivity index (χ0v) is 19.8. The number of halogens is 1. The van der Waals surface area contributed by atoms with Crippen molar-refractivity contribution in [2.24, 2.45) is 7.05 Å². The lowest BCUT2D eigenvalue weighted by atomic mass is 9.79. The number of para-hydroxylation sites is 1. The van der Waals surface area contributed by atoms with Crippen molar-refractivity contribution < 1.29 is 14.3 Å². The molecule has 1 saturated carbocycles. The lowest BCUT2D eigenvalue weighted by Crippen LogP contribution is -2.35. The predicted octanol–water partition coefficient (Wildman–Crippen LogP) is 6.74. The third-order valence-electron chi connectivity index (χ3n) is 7.01. The Bertz CT molecular complexity index is 1350. The molecule has 0 N–H and O–H groups in total. The molecule has 4 aromatic rings. The molecule has 172 valence electrons. The highest BCUT2D eigenvalue weighted by Gasteiger charge is 2.44. The van der Waals surface area contributed by atoms with E-state index in [1.165, 1.54) is 0 Å². The molecule has 1 aliphatic carbocycles. The minimum Gasteiger partial charge on any atom is -0.457 e. The number of hydrogen-bond donors (Lipinski definition) is 0. The van der Waals surface area contributed by atoms with E-state index in [2.05, 4.69) is 0 Å². The molecule has 0 bridgehead atoms. The van der Waals surface area contributed by atoms with Crippen LogP contribution in [0.2, 0.25) is 5.02 Å². The zero-order chi connectivity index (χ0) is 23.7. The summed E-state index contributed by atoms with van der Waals surface area (Å²) in [5, 5.41) is 1.49. The number of esters is 1. The molecule has 1 heterocycles. The van der Waals surface area contributed by atoms with Crippen molar-refractivity contribution in [3.05, 3.63) is 95.0 Å². The molecule has 0 unspecified atom stereocenters. The van der Waals surface area contributed by atoms with E-state index >= 15 is 0 Å². The predicted molar refractivity (Wildman–Crippen MR) is 135 cm³/mol. The van der Waals surface area contributed by atoms with Gasteiger partial charge in [-0.2, -0.15) is 0 Å². The summed E-state index contributed by atoms with van der Waals surface area (Å²) in [6, 6.07) is 25.1. The van der Waals surface area contributed by atoms with Gasteiger partial charge in [0.15, 0.2) is 6.61 Å². The number of carbonyl (C=O) groups excluding carboxylic acids is 2. The summed E-state index contributed by atoms with van der Waals surface area (Å²) in [5.41, 5.74) is 3.52. The number of aryl methyl sites for hydroxylation is 1. The first-order valence-corrected chi connectivity index (χ1v) is 12.0. The molecular formula is C29H26ClNO3. The summed E-state index contributed by atoms with van der Waals surface area (Å²) < 4.78 is 7.78. The van der Waals surface area contributed by atoms with Crippen LogP contribution in [0.5, 0.6) is 0 Å². The molecule has 5 heteroatoms. The quantitative estimate of drug-likeness (QED) is 0.231. The van der Waals surface area contributed by atoms with E-state index in [9.17, 15) is 9.59 Å². The zero-order valence-electron chi connectivity index (χ0n) is 19.1. The third kappa shape index (κ3) is 3.82. The number of hydrogen-bond acceptors (Lipinski definition) is 3. The summed E-state index contributed by atoms with van der Waals surface area (Å²) in [7, 11) is 1.96. The normalized spacial score (nSPS) is 14.9. The molecule has 5 rings (SSSR count). The van der Waals surface area contributed by atoms with Crippen LogP contribution in [0.1, 0.15) is 41.6 Å². The van der Waals surface area contributed by atoms with Crippen molar-refractivity contribution in [2.45, 2.75) is 31.1 Å². The minimum absolute atomic E-state index is 0.201. The van der Waals surface area contributed by atoms with Crippen LogP contribution in [-0.4, -0.2) is 22.9 Å². The average molecular weight is 472 g/mol. The van der Waals surface area contributed by atoms with Crippen LogP contribution in [0.3, 0.4) is 0 Å². The third-order valence-corrected chi connectivity index (χ3v) is 7.26. The van der Waals surface area contributed by atoms with E-state index in [0.717, 1.165) is 40.6 Å². The van der Waals surface area contributed by atoms with E-state index < -0.39 is 5.41 Å². The number of Topliss-reactive ketones (excluding diaryl/α,β-unsaturated/α-hetero) is 1. The number of nitrogens with zero attached hydrogens (tertiary/aromatic N) is 1. The van der Waals surface area contributed by atoms with Gasteiger partial charge in [-0.3, -0.25) is 9.59 Å². The lowest BCUT2D eigenvalue weighted by Gasteiger charge is -2.27. The number of fused-ring (bicyclic) bond motifs is 1. The highest BCUT2D eigenvalue weighted by Crippen LogP contribution is 2.42. The Morgan fingerprint density at radius 1 is 0.912 bits per heavy atom. The molecule has 1 fully saturated rings. The van der Waals surface area contributed by atoms with E-state index in [1.54, 1.807) is 12.1 Å². The lowest BCUT2D eigenvalue weighted by molar-refractivity contribution is -0.149. The van der Waals surface area contributed by atoms with Crippen molar-refractivity contribution in [1.29, 1.82) is 0 Å². The summed E-state index contributed by atoms with van der Waals surface area (Å²) in [6.45, 7) is -0.290. The molecule has 0 spiro atoms. The molecule has 0 atom stereocenters. The summed E-state index contributed by atoms with van der Waals surface area (Å²) in [6.07, 6.45) is 3.33. The van der Waals surface area contributed by atoms with E-state index in [1.807, 2.05) is 78.3 Å². The van der Waals surface area contributed by atoms with Crippen molar-refractivity contribution in [1.82, 2.24) is 4.57 Å². The van der Waals surface area contributed by atoms with Gasteiger partial charge in [0.1, 0.15) is 0 Å². The highest BCUT2D eigenvalue weighted by atomic mass is 35.5. The number of ether oxygens (including phenoxy) is 1. The largest absolute Gasteiger partial charge is 0.457 e. The van der Waals surface area contributed by atoms with Crippen LogP contribution in [0.25, 0.3) is 22.2 Å². The number of benzene rings is 3. The van der Waals surface area contributed by atoms with Crippen LogP contribution in [0, 0.1) is 0 Å². The van der Waals surface area contributed by atoms with Gasteiger partial charge in [0.05, 0.1) is 16.7 Å². The molecule has 1 aliphatic rings. The fourth-order valence-corrected chi connectivity index (χ4v) is 5.44. The van der Waals surface area contributed by atoms with Gasteiger partial charge in [-0.1, -0.05) is 85.1 Å². The SMILES string of the molecule is Cn1c(-c2ccccc2)c(C(=O)COC(=O)C2(c3ccc(Cl)cc3)CCCC2)c2ccccc21. The fraction of sp³-hybridized carbons (Fsp3) is 0.241. The summed E-state index contributed by atoms with van der Waals surface area (Å²) in [5.74, 6) is -0.532. The summed E-state index contributed by atoms with van der Waals surface area (Å²) >= 11 is 6.07. The molecule has 34 heavy (non-hydrogen) atoms. The maximum Gasteiger partial charge on any atom is 0.317 e. The molecule has 3 aromatic carbocycles. The monoisotopic (exact) mass is 471 g/mol. The second-order valence-corrected chi connectivity index (χ2v) is 9.40. The second-order valence-electron chi connectivity index (χ2n) is 8.96. The van der Waals surface area contributed by atoms with Gasteiger partial charge in [-0.05, 0) is 42.2 Å². The van der Waals surface area contributed by atoms with Gasteiger partial charge in [0.25, 0.3) is 0 Å². The Labute approximate surface area is 204 Å². The van der Waals surface area contributed by atoms with Crippen LogP contribution in [0.4, 0.5) is 0 Å². The molecule has 0 amide bonds. The Morgan fingerprint density at radius 3 is 2.26 bits per heavy atom. The number of aromatic nitrogens is 1. The van der Waals surface area contributed by atoms with Gasteiger partial charge < -0.3 is 9.30 Å². The van der Waals surface area contributed by atoms with Crippen molar-refractivity contribution in [3.8, 4) is 11.3 Å². The minimum atomic E-state index is -0.716. The van der Waals surface area contributed by atoms with Crippen LogP contribution in [0.15, 0.2) is 78.9 Å². The highest BCUT2D eigenvalue weighted by molar-refractivity contribution is 6.30. The average Bonchev–Trinajstić information content (AvgIpc) is 3.48. The Hall–Kier alpha value is -3.37. The van der Waals surface area contributed by atoms with Gasteiger partial charge in [-0.15, -0.1) is 0 Å². The Balaban J connectivity index is 1.47. The Kier molecular flexibility index (Phi) is 6.01. The molecule has 0 radical (unpaired) electrons. The summed E-state index contributed by atoms with van der Waals surface area (Å²) in [4.78, 5) is 27.0. The van der Waals surface area contributed by atoms with Crippen LogP contribution >= 0.6 is 11.6 Å². The van der Waals surface area contributed by atoms with Crippen molar-refractivity contribution in [3.63, 3.8) is 0 Å². The van der Waals surface area contributed by atoms with Crippen LogP contribution in [-0.2, 0) is 22.0 Å². The van der Waals surface area contributed by atoms with E-state index in [0.29, 0.717) is 23.4 Å². The maximum atomic E-state index is 13.6. The Morgan fingerprint density at radius 2 is 1.56 bits per heavy atom. The molecule has 0 saturated heterocycles. The van der Waals surface area contributed by atoms with Crippen molar-refractivity contribution >= 4 is 34.3 Å². The smallest absolute Gasteiger partial charge is 0.317 e. The number of carbonyl (C=O) groups is 2. The van der Waals surface area contributed by atoms with E-state index in [4.69, 9.17) is 16.3 Å². The number of ketones is 1. The standard InChI is InChI=1S/C29H26ClNO3/c1-31-24-12-6-5-11-23(24)26(27(31)20-9-3-2-4-10-20)25(32)19-34-28(33)29(17-7-8-18-29)21-13-15-22(30)16-14-21/h2-6,9-16H,7-8,17-19H2,1H3. The van der Waals surface area contributed by atoms with Gasteiger partial charge in [0, 0.05) is 23.0 Å². The molecule has 1 aromatic heterocycles. The topological polar surface area (TPSA) is 48.3 Å². The maximum absolute atomic E-state index is 13.6. The fourth-order valence-electron chi connectivity index (χ4n) is 5.31. The first-order chi connectivity index (χ1) is 16.5. The first kappa shape index (κ1) is 22.4. The molecular weight excluding hydrogens is 446 g/mol. The van der Waals surface area contributed by atoms with Gasteiger partial charge in [-0.25, -0.2) is 0 Å². The number of rotatable bonds is 6. The molecule has 0 aliphatic heterocycles. The molecule has 4 nitrogen and oxygen atoms in total. The van der Waals surface area contributed by atoms with Gasteiger partial charge >= 0.3 is 5.97 Å². The van der Waals surface area contributed by atoms with Gasteiger partial charge in [0.2, 0.25) is 5.78 Å².